The highest BCUT2D eigenvalue weighted by Crippen LogP contribution is 2.26. The average Bonchev–Trinajstić information content (AvgIpc) is 2.88. The topological polar surface area (TPSA) is 102 Å². The summed E-state index contributed by atoms with van der Waals surface area (Å²) >= 11 is 0. The number of nitrogens with one attached hydrogen (secondary N) is 1. The van der Waals surface area contributed by atoms with Crippen molar-refractivity contribution in [2.45, 2.75) is 45.0 Å². The lowest BCUT2D eigenvalue weighted by Gasteiger charge is -2.24. The first-order chi connectivity index (χ1) is 10.5. The molecule has 0 radical (unpaired) electrons. The monoisotopic (exact) mass is 350 g/mol. The number of hydrogen-bond acceptors (Lipinski definition) is 6. The van der Waals surface area contributed by atoms with Crippen LogP contribution in [0.2, 0.25) is 0 Å². The third-order valence-corrected chi connectivity index (χ3v) is 5.25. The van der Waals surface area contributed by atoms with Gasteiger partial charge >= 0.3 is 12.1 Å². The first kappa shape index (κ1) is 19.7. The lowest BCUT2D eigenvalue weighted by atomic mass is 10.1. The molecule has 0 aromatic carbocycles. The molecule has 0 aromatic heterocycles. The largest absolute Gasteiger partial charge is 0.469 e. The molecule has 0 spiro atoms. The van der Waals surface area contributed by atoms with E-state index in [1.54, 1.807) is 20.8 Å². The Labute approximate surface area is 137 Å². The van der Waals surface area contributed by atoms with E-state index in [4.69, 9.17) is 4.74 Å². The maximum Gasteiger partial charge on any atom is 0.410 e. The van der Waals surface area contributed by atoms with Gasteiger partial charge in [0.2, 0.25) is 10.0 Å². The van der Waals surface area contributed by atoms with Crippen LogP contribution >= 0.6 is 0 Å². The molecular formula is C14H26N2O6S. The fraction of sp³-hybridized carbons (Fsp3) is 0.857. The Morgan fingerprint density at radius 1 is 1.26 bits per heavy atom. The number of esters is 1. The van der Waals surface area contributed by atoms with Crippen molar-refractivity contribution in [1.29, 1.82) is 0 Å². The average molecular weight is 350 g/mol. The van der Waals surface area contributed by atoms with Gasteiger partial charge in [-0.2, -0.15) is 0 Å². The van der Waals surface area contributed by atoms with Crippen LogP contribution in [0.5, 0.6) is 0 Å². The molecule has 0 saturated carbocycles. The Bertz CT molecular complexity index is 540. The lowest BCUT2D eigenvalue weighted by Crippen LogP contribution is -2.42. The van der Waals surface area contributed by atoms with E-state index >= 15 is 0 Å². The highest BCUT2D eigenvalue weighted by Gasteiger charge is 2.48. The van der Waals surface area contributed by atoms with Gasteiger partial charge in [0.1, 0.15) is 10.9 Å². The predicted octanol–water partition coefficient (Wildman–Crippen LogP) is 0.724. The summed E-state index contributed by atoms with van der Waals surface area (Å²) < 4.78 is 37.1. The second-order valence-corrected chi connectivity index (χ2v) is 8.48. The first-order valence-electron chi connectivity index (χ1n) is 7.56. The van der Waals surface area contributed by atoms with Crippen LogP contribution in [0.1, 0.15) is 34.1 Å². The highest BCUT2D eigenvalue weighted by molar-refractivity contribution is 7.90. The lowest BCUT2D eigenvalue weighted by molar-refractivity contribution is -0.144. The van der Waals surface area contributed by atoms with E-state index in [1.807, 2.05) is 6.92 Å². The Morgan fingerprint density at radius 2 is 1.87 bits per heavy atom. The molecule has 1 aliphatic rings. The minimum atomic E-state index is -3.74. The zero-order chi connectivity index (χ0) is 17.8. The molecule has 9 heteroatoms. The van der Waals surface area contributed by atoms with Gasteiger partial charge in [-0.1, -0.05) is 6.92 Å². The van der Waals surface area contributed by atoms with Gasteiger partial charge in [-0.3, -0.25) is 4.79 Å². The molecule has 1 fully saturated rings. The SMILES string of the molecule is CCCNS(=O)(=O)[C@@H]1CN(C(=O)OC(C)(C)C)C[C@H]1C(=O)OC. The van der Waals surface area contributed by atoms with Gasteiger partial charge in [0, 0.05) is 19.6 Å². The van der Waals surface area contributed by atoms with Crippen molar-refractivity contribution in [2.24, 2.45) is 5.92 Å². The molecule has 0 unspecified atom stereocenters. The van der Waals surface area contributed by atoms with Crippen molar-refractivity contribution in [3.8, 4) is 0 Å². The van der Waals surface area contributed by atoms with E-state index in [2.05, 4.69) is 9.46 Å². The third-order valence-electron chi connectivity index (χ3n) is 3.37. The van der Waals surface area contributed by atoms with Crippen molar-refractivity contribution in [1.82, 2.24) is 9.62 Å². The summed E-state index contributed by atoms with van der Waals surface area (Å²) in [5.74, 6) is -1.58. The van der Waals surface area contributed by atoms with Crippen LogP contribution < -0.4 is 4.72 Å². The van der Waals surface area contributed by atoms with E-state index in [-0.39, 0.29) is 19.6 Å². The summed E-state index contributed by atoms with van der Waals surface area (Å²) in [6, 6.07) is 0. The third kappa shape index (κ3) is 5.35. The second-order valence-electron chi connectivity index (χ2n) is 6.49. The van der Waals surface area contributed by atoms with Gasteiger partial charge in [-0.15, -0.1) is 0 Å². The van der Waals surface area contributed by atoms with Crippen LogP contribution in [-0.4, -0.2) is 63.0 Å². The summed E-state index contributed by atoms with van der Waals surface area (Å²) in [4.78, 5) is 25.3. The minimum absolute atomic E-state index is 0.0424. The van der Waals surface area contributed by atoms with Crippen LogP contribution in [0.4, 0.5) is 4.79 Å². The molecule has 23 heavy (non-hydrogen) atoms. The van der Waals surface area contributed by atoms with Gasteiger partial charge in [-0.05, 0) is 27.2 Å². The summed E-state index contributed by atoms with van der Waals surface area (Å²) in [7, 11) is -2.54. The maximum absolute atomic E-state index is 12.4. The number of hydrogen-bond donors (Lipinski definition) is 1. The molecular weight excluding hydrogens is 324 g/mol. The molecule has 0 bridgehead atoms. The summed E-state index contributed by atoms with van der Waals surface area (Å²) in [5, 5.41) is -1.05. The normalized spacial score (nSPS) is 22.0. The molecule has 134 valence electrons. The number of methoxy groups -OCH3 is 1. The van der Waals surface area contributed by atoms with Crippen LogP contribution in [0, 0.1) is 5.92 Å². The first-order valence-corrected chi connectivity index (χ1v) is 9.10. The van der Waals surface area contributed by atoms with Crippen molar-refractivity contribution in [3.05, 3.63) is 0 Å². The van der Waals surface area contributed by atoms with Gasteiger partial charge < -0.3 is 14.4 Å². The fourth-order valence-corrected chi connectivity index (χ4v) is 4.00. The van der Waals surface area contributed by atoms with E-state index in [0.29, 0.717) is 6.42 Å². The van der Waals surface area contributed by atoms with Crippen LogP contribution in [0.3, 0.4) is 0 Å². The smallest absolute Gasteiger partial charge is 0.410 e. The molecule has 1 amide bonds. The standard InChI is InChI=1S/C14H26N2O6S/c1-6-7-15-23(19,20)11-9-16(8-10(11)12(17)21-5)13(18)22-14(2,3)4/h10-11,15H,6-9H2,1-5H3/t10-,11-/m1/s1. The fourth-order valence-electron chi connectivity index (χ4n) is 2.29. The Morgan fingerprint density at radius 3 is 2.35 bits per heavy atom. The zero-order valence-electron chi connectivity index (χ0n) is 14.3. The maximum atomic E-state index is 12.4. The number of sulfonamides is 1. The molecule has 1 saturated heterocycles. The van der Waals surface area contributed by atoms with E-state index in [9.17, 15) is 18.0 Å². The number of carbonyl (C=O) groups is 2. The van der Waals surface area contributed by atoms with E-state index in [0.717, 1.165) is 0 Å². The van der Waals surface area contributed by atoms with Crippen molar-refractivity contribution >= 4 is 22.1 Å². The summed E-state index contributed by atoms with van der Waals surface area (Å²) in [6.07, 6.45) is -0.00968. The van der Waals surface area contributed by atoms with Crippen LogP contribution in [0.25, 0.3) is 0 Å². The van der Waals surface area contributed by atoms with Gasteiger partial charge in [-0.25, -0.2) is 17.9 Å². The predicted molar refractivity (Wildman–Crippen MR) is 84.3 cm³/mol. The number of amides is 1. The van der Waals surface area contributed by atoms with E-state index < -0.39 is 38.9 Å². The number of rotatable bonds is 5. The Kier molecular flexibility index (Phi) is 6.41. The number of ether oxygens (including phenoxy) is 2. The number of carbonyl (C=O) groups excluding carboxylic acids is 2. The molecule has 1 aliphatic heterocycles. The molecule has 8 nitrogen and oxygen atoms in total. The minimum Gasteiger partial charge on any atom is -0.469 e. The number of nitrogens with zero attached hydrogens (tertiary/aromatic N) is 1. The molecule has 1 heterocycles. The Hall–Kier alpha value is -1.35. The van der Waals surface area contributed by atoms with Gasteiger partial charge in [0.15, 0.2) is 0 Å². The summed E-state index contributed by atoms with van der Waals surface area (Å²) in [5.41, 5.74) is -0.699. The van der Waals surface area contributed by atoms with Crippen LogP contribution in [-0.2, 0) is 24.3 Å². The molecule has 2 atom stereocenters. The highest BCUT2D eigenvalue weighted by atomic mass is 32.2. The van der Waals surface area contributed by atoms with Crippen LogP contribution in [0.15, 0.2) is 0 Å². The van der Waals surface area contributed by atoms with E-state index in [1.165, 1.54) is 12.0 Å². The van der Waals surface area contributed by atoms with Gasteiger partial charge in [0.25, 0.3) is 0 Å². The molecule has 1 rings (SSSR count). The number of likely N-dealkylation sites (tertiary alicyclic amines) is 1. The quantitative estimate of drug-likeness (QED) is 0.733. The molecule has 0 aliphatic carbocycles. The van der Waals surface area contributed by atoms with Crippen molar-refractivity contribution in [3.63, 3.8) is 0 Å². The Balaban J connectivity index is 2.95. The molecule has 1 N–H and O–H groups in total. The van der Waals surface area contributed by atoms with Crippen molar-refractivity contribution in [2.75, 3.05) is 26.7 Å². The molecule has 0 aromatic rings. The van der Waals surface area contributed by atoms with Gasteiger partial charge in [0.05, 0.1) is 13.0 Å². The zero-order valence-corrected chi connectivity index (χ0v) is 15.1. The second kappa shape index (κ2) is 7.48. The van der Waals surface area contributed by atoms with Crippen molar-refractivity contribution < 1.29 is 27.5 Å². The summed E-state index contributed by atoms with van der Waals surface area (Å²) in [6.45, 7) is 7.12.